The highest BCUT2D eigenvalue weighted by molar-refractivity contribution is 7.89. The van der Waals surface area contributed by atoms with E-state index in [2.05, 4.69) is 4.99 Å². The first kappa shape index (κ1) is 27.1. The van der Waals surface area contributed by atoms with Crippen LogP contribution in [0.4, 0.5) is 0 Å². The summed E-state index contributed by atoms with van der Waals surface area (Å²) >= 11 is 12.5. The van der Waals surface area contributed by atoms with Crippen LogP contribution in [0.5, 0.6) is 11.5 Å². The van der Waals surface area contributed by atoms with Crippen molar-refractivity contribution >= 4 is 51.1 Å². The topological polar surface area (TPSA) is 109 Å². The Balaban J connectivity index is 1.82. The van der Waals surface area contributed by atoms with Gasteiger partial charge in [-0.1, -0.05) is 35.3 Å². The summed E-state index contributed by atoms with van der Waals surface area (Å²) < 4.78 is 38.8. The zero-order chi connectivity index (χ0) is 25.6. The second kappa shape index (κ2) is 12.0. The number of hydrogen-bond acceptors (Lipinski definition) is 7. The lowest BCUT2D eigenvalue weighted by Gasteiger charge is -2.36. The number of rotatable bonds is 9. The molecule has 0 aliphatic heterocycles. The van der Waals surface area contributed by atoms with Gasteiger partial charge in [0.2, 0.25) is 10.0 Å². The van der Waals surface area contributed by atoms with E-state index in [9.17, 15) is 13.2 Å². The van der Waals surface area contributed by atoms with Crippen molar-refractivity contribution in [1.82, 2.24) is 4.31 Å². The van der Waals surface area contributed by atoms with E-state index in [4.69, 9.17) is 38.1 Å². The van der Waals surface area contributed by atoms with Gasteiger partial charge in [-0.05, 0) is 56.5 Å². The van der Waals surface area contributed by atoms with E-state index in [0.29, 0.717) is 35.7 Å². The average molecular weight is 540 g/mol. The smallest absolute Gasteiger partial charge is 0.327 e. The zero-order valence-corrected chi connectivity index (χ0v) is 21.7. The highest BCUT2D eigenvalue weighted by atomic mass is 35.5. The third-order valence-corrected chi connectivity index (χ3v) is 8.22. The first-order valence-corrected chi connectivity index (χ1v) is 13.3. The number of aliphatic imine (C=N–C) groups is 1. The van der Waals surface area contributed by atoms with Crippen LogP contribution >= 0.6 is 23.2 Å². The van der Waals surface area contributed by atoms with Gasteiger partial charge in [-0.25, -0.2) is 8.42 Å². The summed E-state index contributed by atoms with van der Waals surface area (Å²) in [5.41, 5.74) is 0.618. The number of nitrogens with zero attached hydrogens (tertiary/aromatic N) is 2. The van der Waals surface area contributed by atoms with Crippen molar-refractivity contribution in [3.8, 4) is 11.5 Å². The maximum absolute atomic E-state index is 13.4. The van der Waals surface area contributed by atoms with E-state index in [1.807, 2.05) is 0 Å². The number of sulfonamides is 1. The van der Waals surface area contributed by atoms with E-state index in [0.717, 1.165) is 0 Å². The van der Waals surface area contributed by atoms with Crippen molar-refractivity contribution in [3.63, 3.8) is 0 Å². The predicted molar refractivity (Wildman–Crippen MR) is 137 cm³/mol. The molecule has 188 valence electrons. The summed E-state index contributed by atoms with van der Waals surface area (Å²) in [6.07, 6.45) is 3.01. The van der Waals surface area contributed by atoms with Crippen molar-refractivity contribution in [3.05, 3.63) is 52.5 Å². The fourth-order valence-electron chi connectivity index (χ4n) is 3.95. The van der Waals surface area contributed by atoms with Crippen molar-refractivity contribution in [2.75, 3.05) is 20.2 Å². The normalized spacial score (nSPS) is 19.5. The molecule has 0 radical (unpaired) electrons. The van der Waals surface area contributed by atoms with Gasteiger partial charge in [0.15, 0.2) is 0 Å². The van der Waals surface area contributed by atoms with Crippen LogP contribution in [0.2, 0.25) is 10.0 Å². The van der Waals surface area contributed by atoms with Crippen molar-refractivity contribution < 1.29 is 22.7 Å². The molecule has 0 bridgehead atoms. The van der Waals surface area contributed by atoms with E-state index < -0.39 is 28.0 Å². The summed E-state index contributed by atoms with van der Waals surface area (Å²) in [6, 6.07) is 10.6. The molecule has 0 spiro atoms. The highest BCUT2D eigenvalue weighted by Gasteiger charge is 2.37. The van der Waals surface area contributed by atoms with Gasteiger partial charge in [0.05, 0.1) is 21.5 Å². The fourth-order valence-corrected chi connectivity index (χ4v) is 5.84. The number of ether oxygens (including phenoxy) is 2. The number of carbonyl (C=O) groups is 1. The van der Waals surface area contributed by atoms with Gasteiger partial charge in [-0.3, -0.25) is 9.79 Å². The first-order valence-electron chi connectivity index (χ1n) is 11.1. The lowest BCUT2D eigenvalue weighted by molar-refractivity contribution is -0.141. The minimum absolute atomic E-state index is 0.00387. The van der Waals surface area contributed by atoms with E-state index in [1.54, 1.807) is 31.2 Å². The molecular formula is C24H27Cl2N3O5S. The highest BCUT2D eigenvalue weighted by Crippen LogP contribution is 2.36. The first-order chi connectivity index (χ1) is 16.7. The second-order valence-electron chi connectivity index (χ2n) is 7.91. The van der Waals surface area contributed by atoms with Crippen LogP contribution in [0.15, 0.2) is 52.4 Å². The van der Waals surface area contributed by atoms with Crippen LogP contribution in [0.3, 0.4) is 0 Å². The molecule has 1 aliphatic carbocycles. The number of para-hydroxylation sites is 1. The van der Waals surface area contributed by atoms with Gasteiger partial charge >= 0.3 is 5.97 Å². The Kier molecular flexibility index (Phi) is 9.29. The molecule has 0 heterocycles. The molecule has 1 saturated carbocycles. The Bertz CT molecular complexity index is 1220. The van der Waals surface area contributed by atoms with Gasteiger partial charge in [0, 0.05) is 30.9 Å². The van der Waals surface area contributed by atoms with Crippen LogP contribution < -0.4 is 4.74 Å². The van der Waals surface area contributed by atoms with Gasteiger partial charge in [0.1, 0.15) is 18.0 Å². The van der Waals surface area contributed by atoms with E-state index in [1.165, 1.54) is 35.8 Å². The number of hydrogen-bond donors (Lipinski definition) is 1. The second-order valence-corrected chi connectivity index (χ2v) is 10.7. The Morgan fingerprint density at radius 3 is 2.57 bits per heavy atom. The van der Waals surface area contributed by atoms with Crippen LogP contribution in [0, 0.1) is 11.3 Å². The monoisotopic (exact) mass is 539 g/mol. The summed E-state index contributed by atoms with van der Waals surface area (Å²) in [5, 5.41) is 8.43. The van der Waals surface area contributed by atoms with Gasteiger partial charge in [-0.15, -0.1) is 0 Å². The molecule has 1 fully saturated rings. The van der Waals surface area contributed by atoms with E-state index in [-0.39, 0.29) is 28.8 Å². The third kappa shape index (κ3) is 6.41. The molecule has 3 rings (SSSR count). The standard InChI is InChI=1S/C24H27Cl2N3O5S/c1-3-33-24(30)15-28-20-8-6-9-21(17(20)14-27)29(2)35(31,32)16-11-12-23(19(26)13-16)34-22-10-5-4-7-18(22)25/h4-5,7,10-14,17,21,27H,3,6,8-9,15H2,1-2H3. The molecule has 0 saturated heterocycles. The average Bonchev–Trinajstić information content (AvgIpc) is 2.84. The number of carbonyl (C=O) groups excluding carboxylic acids is 1. The minimum atomic E-state index is -3.95. The fraction of sp³-hybridized carbons (Fsp3) is 0.375. The largest absolute Gasteiger partial charge is 0.465 e. The third-order valence-electron chi connectivity index (χ3n) is 5.73. The SMILES string of the molecule is CCOC(=O)CN=C1CCCC(N(C)S(=O)(=O)c2ccc(Oc3ccccc3Cl)c(Cl)c2)C1C=N. The Morgan fingerprint density at radius 2 is 1.91 bits per heavy atom. The molecule has 2 aromatic carbocycles. The molecule has 11 heteroatoms. The maximum Gasteiger partial charge on any atom is 0.327 e. The van der Waals surface area contributed by atoms with Crippen LogP contribution in [0.1, 0.15) is 26.2 Å². The number of esters is 1. The molecule has 2 aromatic rings. The molecule has 2 unspecified atom stereocenters. The molecule has 35 heavy (non-hydrogen) atoms. The van der Waals surface area contributed by atoms with Gasteiger partial charge in [-0.2, -0.15) is 4.31 Å². The molecule has 2 atom stereocenters. The van der Waals surface area contributed by atoms with Gasteiger partial charge in [0.25, 0.3) is 0 Å². The molecular weight excluding hydrogens is 513 g/mol. The Hall–Kier alpha value is -2.46. The maximum atomic E-state index is 13.4. The van der Waals surface area contributed by atoms with Crippen LogP contribution in [-0.2, 0) is 19.6 Å². The zero-order valence-electron chi connectivity index (χ0n) is 19.4. The quantitative estimate of drug-likeness (QED) is 0.346. The number of nitrogens with one attached hydrogen (secondary N) is 1. The van der Waals surface area contributed by atoms with Crippen molar-refractivity contribution in [2.24, 2.45) is 10.9 Å². The summed E-state index contributed by atoms with van der Waals surface area (Å²) in [4.78, 5) is 16.0. The lowest BCUT2D eigenvalue weighted by Crippen LogP contribution is -2.47. The summed E-state index contributed by atoms with van der Waals surface area (Å²) in [6.45, 7) is 1.81. The van der Waals surface area contributed by atoms with Gasteiger partial charge < -0.3 is 14.9 Å². The molecule has 0 aromatic heterocycles. The summed E-state index contributed by atoms with van der Waals surface area (Å²) in [7, 11) is -2.47. The van der Waals surface area contributed by atoms with Crippen LogP contribution in [0.25, 0.3) is 0 Å². The Morgan fingerprint density at radius 1 is 1.20 bits per heavy atom. The Labute approximate surface area is 215 Å². The molecule has 8 nitrogen and oxygen atoms in total. The lowest BCUT2D eigenvalue weighted by atomic mass is 9.83. The molecule has 0 amide bonds. The van der Waals surface area contributed by atoms with E-state index >= 15 is 0 Å². The van der Waals surface area contributed by atoms with Crippen molar-refractivity contribution in [2.45, 2.75) is 37.1 Å². The molecule has 1 aliphatic rings. The molecule has 1 N–H and O–H groups in total. The predicted octanol–water partition coefficient (Wildman–Crippen LogP) is 5.23. The number of halogens is 2. The van der Waals surface area contributed by atoms with Crippen LogP contribution in [-0.4, -0.2) is 56.9 Å². The number of benzene rings is 2. The minimum Gasteiger partial charge on any atom is -0.465 e. The van der Waals surface area contributed by atoms with Crippen molar-refractivity contribution in [1.29, 1.82) is 5.41 Å². The summed E-state index contributed by atoms with van der Waals surface area (Å²) in [5.74, 6) is -0.337.